The molecule has 0 aromatic heterocycles. The Labute approximate surface area is 132 Å². The van der Waals surface area contributed by atoms with Gasteiger partial charge in [-0.05, 0) is 36.6 Å². The molecule has 0 saturated carbocycles. The van der Waals surface area contributed by atoms with Gasteiger partial charge in [-0.3, -0.25) is 4.79 Å². The number of unbranched alkanes of at least 4 members (excludes halogenated alkanes) is 1. The van der Waals surface area contributed by atoms with Crippen LogP contribution < -0.4 is 10.1 Å². The van der Waals surface area contributed by atoms with E-state index < -0.39 is 0 Å². The molecule has 0 aliphatic heterocycles. The number of hydrogen-bond donors (Lipinski definition) is 1. The van der Waals surface area contributed by atoms with Crippen molar-refractivity contribution in [3.63, 3.8) is 0 Å². The summed E-state index contributed by atoms with van der Waals surface area (Å²) in [6, 6.07) is 15.5. The molecular weight excluding hydrogens is 274 g/mol. The lowest BCUT2D eigenvalue weighted by atomic mass is 10.1. The molecule has 0 saturated heterocycles. The van der Waals surface area contributed by atoms with E-state index in [1.165, 1.54) is 0 Å². The number of carbonyl (C=O) groups is 1. The smallest absolute Gasteiger partial charge is 0.228 e. The number of amides is 1. The van der Waals surface area contributed by atoms with Crippen molar-refractivity contribution in [3.8, 4) is 5.75 Å². The van der Waals surface area contributed by atoms with E-state index in [4.69, 9.17) is 4.74 Å². The highest BCUT2D eigenvalue weighted by Gasteiger charge is 2.09. The molecule has 0 fully saturated rings. The highest BCUT2D eigenvalue weighted by Crippen LogP contribution is 2.24. The lowest BCUT2D eigenvalue weighted by Gasteiger charge is -2.12. The summed E-state index contributed by atoms with van der Waals surface area (Å²) in [5.41, 5.74) is 2.91. The fourth-order valence-electron chi connectivity index (χ4n) is 2.20. The van der Waals surface area contributed by atoms with Gasteiger partial charge < -0.3 is 10.1 Å². The van der Waals surface area contributed by atoms with Gasteiger partial charge in [0, 0.05) is 0 Å². The van der Waals surface area contributed by atoms with Crippen molar-refractivity contribution >= 4 is 11.6 Å². The summed E-state index contributed by atoms with van der Waals surface area (Å²) in [5, 5.41) is 2.95. The maximum absolute atomic E-state index is 12.2. The molecule has 3 heteroatoms. The first-order chi connectivity index (χ1) is 10.7. The number of rotatable bonds is 7. The molecule has 2 aromatic carbocycles. The number of carbonyl (C=O) groups excluding carboxylic acids is 1. The van der Waals surface area contributed by atoms with Crippen molar-refractivity contribution in [1.82, 2.24) is 0 Å². The minimum absolute atomic E-state index is 0.0270. The van der Waals surface area contributed by atoms with Crippen molar-refractivity contribution in [2.45, 2.75) is 33.1 Å². The van der Waals surface area contributed by atoms with Crippen LogP contribution in [0.15, 0.2) is 48.5 Å². The van der Waals surface area contributed by atoms with Crippen LogP contribution >= 0.6 is 0 Å². The number of anilines is 1. The van der Waals surface area contributed by atoms with Gasteiger partial charge in [-0.25, -0.2) is 0 Å². The molecule has 0 aliphatic rings. The molecule has 1 amide bonds. The van der Waals surface area contributed by atoms with Crippen molar-refractivity contribution < 1.29 is 9.53 Å². The number of benzene rings is 2. The molecule has 3 nitrogen and oxygen atoms in total. The zero-order chi connectivity index (χ0) is 15.8. The summed E-state index contributed by atoms with van der Waals surface area (Å²) >= 11 is 0. The van der Waals surface area contributed by atoms with Gasteiger partial charge >= 0.3 is 0 Å². The van der Waals surface area contributed by atoms with Crippen LogP contribution in [-0.4, -0.2) is 12.5 Å². The standard InChI is InChI=1S/C19H23NO2/c1-3-4-13-22-18-12-8-7-11-17(18)20-19(21)14-16-10-6-5-9-15(16)2/h5-12H,3-4,13-14H2,1-2H3,(H,20,21). The summed E-state index contributed by atoms with van der Waals surface area (Å²) < 4.78 is 5.74. The SMILES string of the molecule is CCCCOc1ccccc1NC(=O)Cc1ccccc1C. The third kappa shape index (κ3) is 4.62. The van der Waals surface area contributed by atoms with Gasteiger partial charge in [-0.2, -0.15) is 0 Å². The molecule has 0 atom stereocenters. The first-order valence-corrected chi connectivity index (χ1v) is 7.77. The van der Waals surface area contributed by atoms with Gasteiger partial charge in [0.2, 0.25) is 5.91 Å². The van der Waals surface area contributed by atoms with Gasteiger partial charge in [-0.1, -0.05) is 49.7 Å². The molecular formula is C19H23NO2. The Kier molecular flexibility index (Phi) is 6.01. The third-order valence-corrected chi connectivity index (χ3v) is 3.53. The second-order valence-corrected chi connectivity index (χ2v) is 5.35. The van der Waals surface area contributed by atoms with Crippen LogP contribution in [0.3, 0.4) is 0 Å². The Hall–Kier alpha value is -2.29. The number of aryl methyl sites for hydroxylation is 1. The van der Waals surface area contributed by atoms with Gasteiger partial charge in [0.15, 0.2) is 0 Å². The number of hydrogen-bond acceptors (Lipinski definition) is 2. The van der Waals surface area contributed by atoms with Crippen LogP contribution in [0.5, 0.6) is 5.75 Å². The van der Waals surface area contributed by atoms with Crippen molar-refractivity contribution in [2.24, 2.45) is 0 Å². The highest BCUT2D eigenvalue weighted by atomic mass is 16.5. The summed E-state index contributed by atoms with van der Waals surface area (Å²) in [7, 11) is 0. The van der Waals surface area contributed by atoms with E-state index in [0.29, 0.717) is 13.0 Å². The average Bonchev–Trinajstić information content (AvgIpc) is 2.51. The summed E-state index contributed by atoms with van der Waals surface area (Å²) in [4.78, 5) is 12.2. The maximum atomic E-state index is 12.2. The molecule has 0 unspecified atom stereocenters. The average molecular weight is 297 g/mol. The second-order valence-electron chi connectivity index (χ2n) is 5.35. The molecule has 116 valence electrons. The highest BCUT2D eigenvalue weighted by molar-refractivity contribution is 5.93. The minimum atomic E-state index is -0.0270. The predicted octanol–water partition coefficient (Wildman–Crippen LogP) is 4.36. The Bertz CT molecular complexity index is 622. The molecule has 2 aromatic rings. The van der Waals surface area contributed by atoms with E-state index >= 15 is 0 Å². The normalized spacial score (nSPS) is 10.3. The monoisotopic (exact) mass is 297 g/mol. The first kappa shape index (κ1) is 16.1. The molecule has 0 heterocycles. The molecule has 2 rings (SSSR count). The zero-order valence-corrected chi connectivity index (χ0v) is 13.3. The zero-order valence-electron chi connectivity index (χ0n) is 13.3. The Morgan fingerprint density at radius 1 is 1.09 bits per heavy atom. The molecule has 1 N–H and O–H groups in total. The molecule has 0 aliphatic carbocycles. The Morgan fingerprint density at radius 2 is 1.82 bits per heavy atom. The van der Waals surface area contributed by atoms with Crippen LogP contribution in [0.1, 0.15) is 30.9 Å². The van der Waals surface area contributed by atoms with E-state index in [2.05, 4.69) is 12.2 Å². The maximum Gasteiger partial charge on any atom is 0.228 e. The Balaban J connectivity index is 2.01. The van der Waals surface area contributed by atoms with Gasteiger partial charge in [0.25, 0.3) is 0 Å². The minimum Gasteiger partial charge on any atom is -0.491 e. The molecule has 0 bridgehead atoms. The quantitative estimate of drug-likeness (QED) is 0.771. The lowest BCUT2D eigenvalue weighted by Crippen LogP contribution is -2.16. The van der Waals surface area contributed by atoms with Crippen molar-refractivity contribution in [1.29, 1.82) is 0 Å². The number of para-hydroxylation sites is 2. The topological polar surface area (TPSA) is 38.3 Å². The van der Waals surface area contributed by atoms with E-state index in [1.54, 1.807) is 0 Å². The van der Waals surface area contributed by atoms with Crippen molar-refractivity contribution in [3.05, 3.63) is 59.7 Å². The Morgan fingerprint density at radius 3 is 2.59 bits per heavy atom. The fraction of sp³-hybridized carbons (Fsp3) is 0.316. The largest absolute Gasteiger partial charge is 0.491 e. The van der Waals surface area contributed by atoms with Crippen LogP contribution in [0.4, 0.5) is 5.69 Å². The van der Waals surface area contributed by atoms with E-state index in [0.717, 1.165) is 35.4 Å². The summed E-state index contributed by atoms with van der Waals surface area (Å²) in [5.74, 6) is 0.704. The number of ether oxygens (including phenoxy) is 1. The van der Waals surface area contributed by atoms with E-state index in [1.807, 2.05) is 55.5 Å². The molecule has 22 heavy (non-hydrogen) atoms. The van der Waals surface area contributed by atoms with Gasteiger partial charge in [0.1, 0.15) is 5.75 Å². The van der Waals surface area contributed by atoms with Gasteiger partial charge in [-0.15, -0.1) is 0 Å². The summed E-state index contributed by atoms with van der Waals surface area (Å²) in [6.45, 7) is 4.81. The summed E-state index contributed by atoms with van der Waals surface area (Å²) in [6.07, 6.45) is 2.46. The van der Waals surface area contributed by atoms with Crippen molar-refractivity contribution in [2.75, 3.05) is 11.9 Å². The lowest BCUT2D eigenvalue weighted by molar-refractivity contribution is -0.115. The van der Waals surface area contributed by atoms with Crippen LogP contribution in [0, 0.1) is 6.92 Å². The van der Waals surface area contributed by atoms with Crippen LogP contribution in [-0.2, 0) is 11.2 Å². The molecule has 0 radical (unpaired) electrons. The number of nitrogens with one attached hydrogen (secondary N) is 1. The van der Waals surface area contributed by atoms with Crippen LogP contribution in [0.25, 0.3) is 0 Å². The van der Waals surface area contributed by atoms with E-state index in [-0.39, 0.29) is 5.91 Å². The first-order valence-electron chi connectivity index (χ1n) is 7.77. The van der Waals surface area contributed by atoms with E-state index in [9.17, 15) is 4.79 Å². The third-order valence-electron chi connectivity index (χ3n) is 3.53. The second kappa shape index (κ2) is 8.23. The van der Waals surface area contributed by atoms with Gasteiger partial charge in [0.05, 0.1) is 18.7 Å². The fourth-order valence-corrected chi connectivity index (χ4v) is 2.20. The molecule has 0 spiro atoms. The van der Waals surface area contributed by atoms with Crippen LogP contribution in [0.2, 0.25) is 0 Å². The predicted molar refractivity (Wildman–Crippen MR) is 90.4 cm³/mol.